The predicted molar refractivity (Wildman–Crippen MR) is 95.9 cm³/mol. The smallest absolute Gasteiger partial charge is 0.282 e. The Hall–Kier alpha value is -1.89. The second-order valence-corrected chi connectivity index (χ2v) is 7.17. The molecular weight excluding hydrogens is 340 g/mol. The first-order valence-electron chi connectivity index (χ1n) is 8.68. The van der Waals surface area contributed by atoms with Crippen LogP contribution in [0, 0.1) is 6.92 Å². The number of anilines is 1. The van der Waals surface area contributed by atoms with Crippen molar-refractivity contribution >= 4 is 23.2 Å². The summed E-state index contributed by atoms with van der Waals surface area (Å²) in [6, 6.07) is 9.12. The van der Waals surface area contributed by atoms with E-state index in [1.165, 1.54) is 9.80 Å². The largest absolute Gasteiger partial charge is 0.361 e. The molecule has 0 spiro atoms. The molecule has 2 aromatic rings. The summed E-state index contributed by atoms with van der Waals surface area (Å²) in [4.78, 5) is 15.3. The summed E-state index contributed by atoms with van der Waals surface area (Å²) in [6.45, 7) is 8.79. The van der Waals surface area contributed by atoms with E-state index in [4.69, 9.17) is 16.1 Å². The number of benzene rings is 1. The summed E-state index contributed by atoms with van der Waals surface area (Å²) in [5, 5.41) is 7.71. The first-order chi connectivity index (χ1) is 12.0. The highest BCUT2D eigenvalue weighted by molar-refractivity contribution is 6.30. The molecule has 0 radical (unpaired) electrons. The molecule has 0 aliphatic carbocycles. The van der Waals surface area contributed by atoms with Crippen LogP contribution in [0.5, 0.6) is 0 Å². The van der Waals surface area contributed by atoms with Gasteiger partial charge in [0.25, 0.3) is 5.91 Å². The van der Waals surface area contributed by atoms with E-state index in [1.807, 2.05) is 32.0 Å². The molecule has 1 aromatic heterocycles. The number of amides is 1. The third-order valence-electron chi connectivity index (χ3n) is 4.82. The molecular formula is C18H25ClN4O2+2. The van der Waals surface area contributed by atoms with Crippen LogP contribution in [0.3, 0.4) is 0 Å². The van der Waals surface area contributed by atoms with Crippen molar-refractivity contribution in [2.75, 3.05) is 31.5 Å². The molecule has 3 rings (SSSR count). The van der Waals surface area contributed by atoms with Crippen LogP contribution in [0.25, 0.3) is 0 Å². The fourth-order valence-corrected chi connectivity index (χ4v) is 3.39. The van der Waals surface area contributed by atoms with E-state index in [0.29, 0.717) is 5.02 Å². The zero-order valence-corrected chi connectivity index (χ0v) is 15.4. The lowest BCUT2D eigenvalue weighted by Crippen LogP contribution is -3.29. The Morgan fingerprint density at radius 3 is 2.56 bits per heavy atom. The van der Waals surface area contributed by atoms with Gasteiger partial charge in [0.05, 0.1) is 0 Å². The Balaban J connectivity index is 1.48. The quantitative estimate of drug-likeness (QED) is 0.697. The van der Waals surface area contributed by atoms with Crippen LogP contribution in [0.2, 0.25) is 5.02 Å². The Morgan fingerprint density at radius 2 is 1.96 bits per heavy atom. The van der Waals surface area contributed by atoms with Gasteiger partial charge in [0.2, 0.25) is 0 Å². The summed E-state index contributed by atoms with van der Waals surface area (Å²) in [7, 11) is 0. The average Bonchev–Trinajstić information content (AvgIpc) is 3.02. The van der Waals surface area contributed by atoms with Gasteiger partial charge in [0.15, 0.2) is 6.04 Å². The topological polar surface area (TPSA) is 64.0 Å². The molecule has 6 nitrogen and oxygen atoms in total. The van der Waals surface area contributed by atoms with Crippen LogP contribution >= 0.6 is 11.6 Å². The van der Waals surface area contributed by atoms with Crippen LogP contribution < -0.4 is 15.1 Å². The van der Waals surface area contributed by atoms with Gasteiger partial charge in [-0.2, -0.15) is 0 Å². The van der Waals surface area contributed by atoms with Crippen molar-refractivity contribution in [3.8, 4) is 0 Å². The Morgan fingerprint density at radius 1 is 1.28 bits per heavy atom. The number of carbonyl (C=O) groups is 1. The minimum atomic E-state index is -0.0773. The van der Waals surface area contributed by atoms with Crippen molar-refractivity contribution in [1.82, 2.24) is 5.16 Å². The molecule has 1 fully saturated rings. The minimum Gasteiger partial charge on any atom is -0.361 e. The van der Waals surface area contributed by atoms with Gasteiger partial charge in [0.1, 0.15) is 44.2 Å². The van der Waals surface area contributed by atoms with Gasteiger partial charge < -0.3 is 19.6 Å². The van der Waals surface area contributed by atoms with Gasteiger partial charge in [0, 0.05) is 16.8 Å². The molecule has 1 atom stereocenters. The molecule has 25 heavy (non-hydrogen) atoms. The first kappa shape index (κ1) is 17.9. The lowest BCUT2D eigenvalue weighted by atomic mass is 10.2. The minimum absolute atomic E-state index is 0.0490. The SMILES string of the molecule is Cc1cc(C[NH+]2CC[NH+]([C@@H](C)C(=O)Nc3ccc(Cl)cc3)CC2)no1. The number of halogens is 1. The van der Waals surface area contributed by atoms with Gasteiger partial charge in [-0.15, -0.1) is 0 Å². The van der Waals surface area contributed by atoms with E-state index in [1.54, 1.807) is 12.1 Å². The Kier molecular flexibility index (Phi) is 5.73. The number of carbonyl (C=O) groups excluding carboxylic acids is 1. The molecule has 1 aromatic carbocycles. The van der Waals surface area contributed by atoms with Crippen LogP contribution in [-0.2, 0) is 11.3 Å². The second kappa shape index (κ2) is 7.99. The highest BCUT2D eigenvalue weighted by Gasteiger charge is 2.31. The zero-order chi connectivity index (χ0) is 17.8. The van der Waals surface area contributed by atoms with Crippen molar-refractivity contribution in [1.29, 1.82) is 0 Å². The van der Waals surface area contributed by atoms with E-state index < -0.39 is 0 Å². The summed E-state index contributed by atoms with van der Waals surface area (Å²) >= 11 is 5.88. The standard InChI is InChI=1S/C18H23ClN4O2/c1-13-11-17(21-25-13)12-22-7-9-23(10-8-22)14(2)18(24)20-16-5-3-15(19)4-6-16/h3-6,11,14H,7-10,12H2,1-2H3,(H,20,24)/p+2/t14-/m0/s1. The lowest BCUT2D eigenvalue weighted by Gasteiger charge is -2.32. The van der Waals surface area contributed by atoms with E-state index >= 15 is 0 Å². The first-order valence-corrected chi connectivity index (χ1v) is 9.06. The molecule has 0 saturated carbocycles. The van der Waals surface area contributed by atoms with E-state index in [9.17, 15) is 4.79 Å². The molecule has 1 amide bonds. The van der Waals surface area contributed by atoms with Crippen molar-refractivity contribution < 1.29 is 19.1 Å². The number of piperazine rings is 1. The molecule has 1 aliphatic heterocycles. The van der Waals surface area contributed by atoms with Gasteiger partial charge in [-0.25, -0.2) is 0 Å². The van der Waals surface area contributed by atoms with E-state index in [0.717, 1.165) is 49.9 Å². The van der Waals surface area contributed by atoms with Crippen LogP contribution in [0.1, 0.15) is 18.4 Å². The molecule has 1 aliphatic rings. The predicted octanol–water partition coefficient (Wildman–Crippen LogP) is -0.0530. The maximum absolute atomic E-state index is 12.5. The highest BCUT2D eigenvalue weighted by Crippen LogP contribution is 2.13. The maximum atomic E-state index is 12.5. The lowest BCUT2D eigenvalue weighted by molar-refractivity contribution is -1.02. The van der Waals surface area contributed by atoms with Gasteiger partial charge in [-0.3, -0.25) is 4.79 Å². The van der Waals surface area contributed by atoms with Gasteiger partial charge in [-0.05, 0) is 38.1 Å². The number of rotatable bonds is 5. The van der Waals surface area contributed by atoms with Gasteiger partial charge in [-0.1, -0.05) is 16.8 Å². The van der Waals surface area contributed by atoms with Crippen LogP contribution in [-0.4, -0.2) is 43.3 Å². The normalized spacial score (nSPS) is 21.7. The highest BCUT2D eigenvalue weighted by atomic mass is 35.5. The fourth-order valence-electron chi connectivity index (χ4n) is 3.26. The second-order valence-electron chi connectivity index (χ2n) is 6.73. The number of aromatic nitrogens is 1. The molecule has 1 saturated heterocycles. The number of nitrogens with zero attached hydrogens (tertiary/aromatic N) is 1. The molecule has 7 heteroatoms. The average molecular weight is 365 g/mol. The summed E-state index contributed by atoms with van der Waals surface area (Å²) in [5.74, 6) is 0.902. The van der Waals surface area contributed by atoms with Crippen molar-refractivity contribution in [2.45, 2.75) is 26.4 Å². The van der Waals surface area contributed by atoms with Crippen molar-refractivity contribution in [3.63, 3.8) is 0 Å². The third kappa shape index (κ3) is 4.81. The number of aryl methyl sites for hydroxylation is 1. The number of quaternary nitrogens is 2. The maximum Gasteiger partial charge on any atom is 0.282 e. The molecule has 0 bridgehead atoms. The summed E-state index contributed by atoms with van der Waals surface area (Å²) in [6.07, 6.45) is 0. The Labute approximate surface area is 152 Å². The Bertz CT molecular complexity index is 708. The number of hydrogen-bond donors (Lipinski definition) is 3. The molecule has 0 unspecified atom stereocenters. The number of nitrogens with one attached hydrogen (secondary N) is 3. The third-order valence-corrected chi connectivity index (χ3v) is 5.08. The van der Waals surface area contributed by atoms with Crippen LogP contribution in [0.15, 0.2) is 34.9 Å². The zero-order valence-electron chi connectivity index (χ0n) is 14.6. The van der Waals surface area contributed by atoms with Gasteiger partial charge >= 0.3 is 0 Å². The van der Waals surface area contributed by atoms with E-state index in [2.05, 4.69) is 10.5 Å². The molecule has 134 valence electrons. The number of hydrogen-bond acceptors (Lipinski definition) is 3. The van der Waals surface area contributed by atoms with E-state index in [-0.39, 0.29) is 11.9 Å². The fraction of sp³-hybridized carbons (Fsp3) is 0.444. The molecule has 2 heterocycles. The molecule has 3 N–H and O–H groups in total. The summed E-state index contributed by atoms with van der Waals surface area (Å²) in [5.41, 5.74) is 1.79. The monoisotopic (exact) mass is 364 g/mol. The van der Waals surface area contributed by atoms with Crippen molar-refractivity contribution in [2.24, 2.45) is 0 Å². The van der Waals surface area contributed by atoms with Crippen molar-refractivity contribution in [3.05, 3.63) is 46.8 Å². The summed E-state index contributed by atoms with van der Waals surface area (Å²) < 4.78 is 5.13. The van der Waals surface area contributed by atoms with Crippen LogP contribution in [0.4, 0.5) is 5.69 Å².